The molecule has 8 heteroatoms. The van der Waals surface area contributed by atoms with E-state index in [9.17, 15) is 19.8 Å². The molecular weight excluding hydrogens is 450 g/mol. The number of hydrogen-bond acceptors (Lipinski definition) is 6. The van der Waals surface area contributed by atoms with E-state index < -0.39 is 18.0 Å². The Balaban J connectivity index is 1.31. The van der Waals surface area contributed by atoms with Gasteiger partial charge in [0.15, 0.2) is 0 Å². The van der Waals surface area contributed by atoms with Gasteiger partial charge in [-0.1, -0.05) is 43.3 Å². The smallest absolute Gasteiger partial charge is 0.353 e. The third kappa shape index (κ3) is 3.73. The second-order valence-corrected chi connectivity index (χ2v) is 11.0. The number of hydrogen-bond donors (Lipinski definition) is 4. The minimum absolute atomic E-state index is 0.0970. The topological polar surface area (TPSA) is 116 Å². The van der Waals surface area contributed by atoms with Gasteiger partial charge in [-0.25, -0.2) is 4.79 Å². The van der Waals surface area contributed by atoms with E-state index >= 15 is 0 Å². The van der Waals surface area contributed by atoms with Crippen LogP contribution in [0.4, 0.5) is 0 Å². The minimum Gasteiger partial charge on any atom is -0.477 e. The molecule has 5 rings (SSSR count). The Morgan fingerprint density at radius 1 is 1.24 bits per heavy atom. The van der Waals surface area contributed by atoms with Crippen LogP contribution >= 0.6 is 11.8 Å². The van der Waals surface area contributed by atoms with Crippen molar-refractivity contribution in [3.8, 4) is 0 Å². The van der Waals surface area contributed by atoms with Crippen molar-refractivity contribution in [1.82, 2.24) is 10.2 Å². The number of aliphatic carboxylic acids is 1. The summed E-state index contributed by atoms with van der Waals surface area (Å²) in [6.45, 7) is 4.88. The van der Waals surface area contributed by atoms with Crippen molar-refractivity contribution in [3.63, 3.8) is 0 Å². The maximum absolute atomic E-state index is 12.6. The summed E-state index contributed by atoms with van der Waals surface area (Å²) in [6, 6.07) is 12.7. The highest BCUT2D eigenvalue weighted by atomic mass is 32.2. The number of carboxylic acid groups (broad SMARTS) is 1. The van der Waals surface area contributed by atoms with Crippen LogP contribution in [-0.2, 0) is 22.6 Å². The average Bonchev–Trinajstić information content (AvgIpc) is 3.34. The summed E-state index contributed by atoms with van der Waals surface area (Å²) in [4.78, 5) is 26.8. The van der Waals surface area contributed by atoms with Crippen LogP contribution in [0, 0.1) is 11.8 Å². The number of carboxylic acids is 1. The van der Waals surface area contributed by atoms with E-state index in [1.54, 1.807) is 18.7 Å². The lowest BCUT2D eigenvalue weighted by Gasteiger charge is -2.46. The second kappa shape index (κ2) is 9.00. The van der Waals surface area contributed by atoms with Gasteiger partial charge in [0.1, 0.15) is 5.70 Å². The number of benzene rings is 2. The maximum atomic E-state index is 12.6. The van der Waals surface area contributed by atoms with Gasteiger partial charge in [-0.2, -0.15) is 0 Å². The van der Waals surface area contributed by atoms with E-state index in [4.69, 9.17) is 5.73 Å². The number of amides is 1. The van der Waals surface area contributed by atoms with Gasteiger partial charge < -0.3 is 26.2 Å². The Morgan fingerprint density at radius 2 is 1.91 bits per heavy atom. The fraction of sp³-hybridized carbons (Fsp3) is 0.462. The van der Waals surface area contributed by atoms with Crippen LogP contribution < -0.4 is 11.1 Å². The van der Waals surface area contributed by atoms with Crippen molar-refractivity contribution in [2.75, 3.05) is 6.54 Å². The summed E-state index contributed by atoms with van der Waals surface area (Å²) in [5.74, 6) is -1.97. The van der Waals surface area contributed by atoms with E-state index in [0.29, 0.717) is 12.6 Å². The zero-order chi connectivity index (χ0) is 24.1. The molecule has 3 aliphatic heterocycles. The Morgan fingerprint density at radius 3 is 2.56 bits per heavy atom. The number of carbonyl (C=O) groups is 2. The van der Waals surface area contributed by atoms with Crippen molar-refractivity contribution >= 4 is 34.4 Å². The highest BCUT2D eigenvalue weighted by Crippen LogP contribution is 2.51. The zero-order valence-electron chi connectivity index (χ0n) is 19.4. The highest BCUT2D eigenvalue weighted by Gasteiger charge is 2.60. The monoisotopic (exact) mass is 481 g/mol. The number of nitrogens with two attached hydrogens (primary N) is 1. The maximum Gasteiger partial charge on any atom is 0.353 e. The molecule has 0 aromatic heterocycles. The zero-order valence-corrected chi connectivity index (χ0v) is 20.2. The Labute approximate surface area is 203 Å². The molecule has 7 nitrogen and oxygen atoms in total. The number of nitrogens with zero attached hydrogens (tertiary/aromatic N) is 1. The summed E-state index contributed by atoms with van der Waals surface area (Å²) in [7, 11) is 0. The molecule has 1 amide bonds. The molecule has 5 N–H and O–H groups in total. The van der Waals surface area contributed by atoms with Crippen LogP contribution in [0.5, 0.6) is 0 Å². The first-order valence-electron chi connectivity index (χ1n) is 11.9. The molecule has 0 aliphatic carbocycles. The normalized spacial score (nSPS) is 29.5. The summed E-state index contributed by atoms with van der Waals surface area (Å²) >= 11 is 1.59. The Kier molecular flexibility index (Phi) is 6.18. The molecule has 34 heavy (non-hydrogen) atoms. The summed E-state index contributed by atoms with van der Waals surface area (Å²) in [5, 5.41) is 26.2. The lowest BCUT2D eigenvalue weighted by molar-refractivity contribution is -0.163. The van der Waals surface area contributed by atoms with Crippen molar-refractivity contribution in [2.45, 2.75) is 56.7 Å². The standard InChI is InChI=1S/C26H31N3O4S/c1-13-22-21(14(2)30)25(31)29(22)23(26(32)33)24(13)34-18-10-17(28-12-18)9-15-7-8-16(11-27)20-6-4-3-5-19(15)20/h3-8,13-14,17-18,21-22,28,30H,9-12,27H2,1-2H3,(H,32,33)/t13-,14-,17-,18+,21-,22-/m1/s1. The predicted molar refractivity (Wildman–Crippen MR) is 133 cm³/mol. The molecule has 0 radical (unpaired) electrons. The van der Waals surface area contributed by atoms with Gasteiger partial charge in [-0.3, -0.25) is 4.79 Å². The first-order chi connectivity index (χ1) is 16.3. The number of aliphatic hydroxyl groups is 1. The molecule has 3 aliphatic rings. The number of thioether (sulfide) groups is 1. The number of fused-ring (bicyclic) bond motifs is 2. The minimum atomic E-state index is -1.07. The summed E-state index contributed by atoms with van der Waals surface area (Å²) in [6.07, 6.45) is 1.02. The fourth-order valence-electron chi connectivity index (χ4n) is 5.93. The van der Waals surface area contributed by atoms with Gasteiger partial charge in [0.05, 0.1) is 18.1 Å². The number of carbonyl (C=O) groups excluding carboxylic acids is 1. The van der Waals surface area contributed by atoms with Gasteiger partial charge >= 0.3 is 5.97 Å². The summed E-state index contributed by atoms with van der Waals surface area (Å²) < 4.78 is 0. The molecular formula is C26H31N3O4S. The third-order valence-electron chi connectivity index (χ3n) is 7.58. The molecule has 2 aromatic carbocycles. The molecule has 2 fully saturated rings. The van der Waals surface area contributed by atoms with Crippen LogP contribution in [0.3, 0.4) is 0 Å². The largest absolute Gasteiger partial charge is 0.477 e. The van der Waals surface area contributed by atoms with E-state index in [2.05, 4.69) is 35.6 Å². The van der Waals surface area contributed by atoms with E-state index in [1.165, 1.54) is 21.2 Å². The highest BCUT2D eigenvalue weighted by molar-refractivity contribution is 8.03. The lowest BCUT2D eigenvalue weighted by atomic mass is 9.79. The van der Waals surface area contributed by atoms with Crippen LogP contribution in [-0.4, -0.2) is 57.0 Å². The molecule has 180 valence electrons. The molecule has 2 saturated heterocycles. The van der Waals surface area contributed by atoms with Gasteiger partial charge in [0.2, 0.25) is 5.91 Å². The molecule has 0 bridgehead atoms. The molecule has 6 atom stereocenters. The average molecular weight is 482 g/mol. The van der Waals surface area contributed by atoms with Crippen molar-refractivity contribution < 1.29 is 19.8 Å². The quantitative estimate of drug-likeness (QED) is 0.449. The van der Waals surface area contributed by atoms with Crippen LogP contribution in [0.1, 0.15) is 31.4 Å². The lowest BCUT2D eigenvalue weighted by Crippen LogP contribution is -2.63. The van der Waals surface area contributed by atoms with Crippen molar-refractivity contribution in [2.24, 2.45) is 17.6 Å². The Bertz CT molecular complexity index is 1180. The van der Waals surface area contributed by atoms with Crippen LogP contribution in [0.15, 0.2) is 47.0 Å². The first-order valence-corrected chi connectivity index (χ1v) is 12.8. The Hall–Kier alpha value is -2.39. The number of aliphatic hydroxyl groups excluding tert-OH is 1. The number of nitrogens with one attached hydrogen (secondary N) is 1. The van der Waals surface area contributed by atoms with Gasteiger partial charge in [-0.05, 0) is 41.7 Å². The SMILES string of the molecule is C[C@@H](O)[C@H]1C(=O)N2C(C(=O)O)=C(S[C@@H]3CN[C@H](Cc4ccc(CN)c5ccccc45)C3)[C@H](C)[C@H]12. The number of β-lactam (4-membered cyclic amide) rings is 1. The van der Waals surface area contributed by atoms with Crippen molar-refractivity contribution in [3.05, 3.63) is 58.1 Å². The molecule has 3 heterocycles. The predicted octanol–water partition coefficient (Wildman–Crippen LogP) is 2.46. The van der Waals surface area contributed by atoms with Gasteiger partial charge in [-0.15, -0.1) is 11.8 Å². The van der Waals surface area contributed by atoms with Gasteiger partial charge in [0.25, 0.3) is 0 Å². The van der Waals surface area contributed by atoms with E-state index in [1.807, 2.05) is 13.0 Å². The first kappa shape index (κ1) is 23.4. The van der Waals surface area contributed by atoms with Crippen LogP contribution in [0.25, 0.3) is 10.8 Å². The molecule has 0 unspecified atom stereocenters. The number of rotatable bonds is 7. The molecule has 2 aromatic rings. The fourth-order valence-corrected chi connectivity index (χ4v) is 7.45. The van der Waals surface area contributed by atoms with E-state index in [-0.39, 0.29) is 28.8 Å². The second-order valence-electron chi connectivity index (χ2n) is 9.69. The van der Waals surface area contributed by atoms with E-state index in [0.717, 1.165) is 29.9 Å². The summed E-state index contributed by atoms with van der Waals surface area (Å²) in [5.41, 5.74) is 8.46. The van der Waals surface area contributed by atoms with Crippen LogP contribution in [0.2, 0.25) is 0 Å². The third-order valence-corrected chi connectivity index (χ3v) is 9.09. The van der Waals surface area contributed by atoms with Gasteiger partial charge in [0, 0.05) is 35.2 Å². The molecule has 0 spiro atoms. The molecule has 0 saturated carbocycles. The van der Waals surface area contributed by atoms with Crippen molar-refractivity contribution in [1.29, 1.82) is 0 Å².